The molecule has 0 unspecified atom stereocenters. The molecule has 9 heteroatoms. The number of amides is 1. The van der Waals surface area contributed by atoms with Gasteiger partial charge in [0.05, 0.1) is 22.6 Å². The molecule has 2 saturated carbocycles. The number of carbonyl (C=O) groups is 4. The summed E-state index contributed by atoms with van der Waals surface area (Å²) in [6.07, 6.45) is 14.3. The van der Waals surface area contributed by atoms with Crippen molar-refractivity contribution >= 4 is 68.8 Å². The van der Waals surface area contributed by atoms with Crippen molar-refractivity contribution in [1.82, 2.24) is 9.55 Å². The van der Waals surface area contributed by atoms with Gasteiger partial charge in [-0.05, 0) is 147 Å². The summed E-state index contributed by atoms with van der Waals surface area (Å²) in [4.78, 5) is 59.0. The van der Waals surface area contributed by atoms with Crippen LogP contribution in [0.15, 0.2) is 89.6 Å². The molecule has 9 nitrogen and oxygen atoms in total. The van der Waals surface area contributed by atoms with E-state index in [0.717, 1.165) is 93.6 Å². The third-order valence-electron chi connectivity index (χ3n) is 13.1. The lowest BCUT2D eigenvalue weighted by Crippen LogP contribution is -2.38. The molecular weight excluding hydrogens is 809 g/mol. The number of pyridine rings is 1. The molecule has 1 aliphatic heterocycles. The Morgan fingerprint density at radius 1 is 0.815 bits per heavy atom. The molecule has 3 heterocycles. The summed E-state index contributed by atoms with van der Waals surface area (Å²) in [7, 11) is 0. The number of aliphatic imine (C=N–C) groups is 1. The Balaban J connectivity index is 0.000000303. The van der Waals surface area contributed by atoms with Gasteiger partial charge in [0.25, 0.3) is 0 Å². The van der Waals surface area contributed by atoms with E-state index in [-0.39, 0.29) is 17.3 Å². The van der Waals surface area contributed by atoms with Crippen molar-refractivity contribution < 1.29 is 23.9 Å². The number of hydrogen-bond acceptors (Lipinski definition) is 7. The molecule has 5 aromatic rings. The standard InChI is InChI=1S/C39H46N4O3.C9H8O.C8H14O/c1-23(2)40-25(4)24(3)32-18-16-29-33(41-32)19-17-31-36(29)43(38(45)46-39(6,7)8)21-20-42-34-22-28(26(5)44)14-15-30(34)35(37(31)42)27-12-10-9-11-13-27;10-8-4-7-9-5-2-1-3-6-9;1-7(9)8(2)5-3-4-6-8/h14-19,22,27H,9-13,20-21H2,1-8H3;1-8H;3-6H2,1-2H3/b25-24+;7-4+;. The first-order valence-electron chi connectivity index (χ1n) is 23.4. The highest BCUT2D eigenvalue weighted by Crippen LogP contribution is 2.49. The zero-order valence-corrected chi connectivity index (χ0v) is 40.3. The van der Waals surface area contributed by atoms with Crippen LogP contribution in [0.25, 0.3) is 44.7 Å². The predicted octanol–water partition coefficient (Wildman–Crippen LogP) is 14.1. The Labute approximate surface area is 386 Å². The normalized spacial score (nSPS) is 16.2. The number of rotatable bonds is 7. The third kappa shape index (κ3) is 11.5. The first-order chi connectivity index (χ1) is 30.9. The van der Waals surface area contributed by atoms with E-state index >= 15 is 0 Å². The van der Waals surface area contributed by atoms with Crippen LogP contribution in [-0.2, 0) is 20.9 Å². The van der Waals surface area contributed by atoms with Gasteiger partial charge in [-0.25, -0.2) is 9.78 Å². The number of fused-ring (bicyclic) bond motifs is 7. The summed E-state index contributed by atoms with van der Waals surface area (Å²) in [5, 5.41) is 2.12. The molecule has 2 aliphatic carbocycles. The highest BCUT2D eigenvalue weighted by atomic mass is 16.6. The van der Waals surface area contributed by atoms with Crippen molar-refractivity contribution in [3.05, 3.63) is 107 Å². The smallest absolute Gasteiger partial charge is 0.414 e. The number of ketones is 2. The number of nitrogens with zero attached hydrogens (tertiary/aromatic N) is 4. The molecule has 65 heavy (non-hydrogen) atoms. The van der Waals surface area contributed by atoms with Gasteiger partial charge in [-0.3, -0.25) is 24.3 Å². The monoisotopic (exact) mass is 877 g/mol. The highest BCUT2D eigenvalue weighted by Gasteiger charge is 2.35. The van der Waals surface area contributed by atoms with Crippen molar-refractivity contribution in [2.75, 3.05) is 11.4 Å². The molecule has 0 N–H and O–H groups in total. The zero-order chi connectivity index (χ0) is 47.1. The lowest BCUT2D eigenvalue weighted by atomic mass is 9.81. The first-order valence-corrected chi connectivity index (χ1v) is 23.4. The molecule has 0 radical (unpaired) electrons. The molecule has 0 bridgehead atoms. The van der Waals surface area contributed by atoms with Crippen LogP contribution in [0.3, 0.4) is 0 Å². The van der Waals surface area contributed by atoms with Crippen LogP contribution in [0.1, 0.15) is 160 Å². The minimum Gasteiger partial charge on any atom is -0.443 e. The van der Waals surface area contributed by atoms with Crippen LogP contribution in [0.2, 0.25) is 0 Å². The van der Waals surface area contributed by atoms with Crippen molar-refractivity contribution in [2.24, 2.45) is 10.4 Å². The third-order valence-corrected chi connectivity index (χ3v) is 13.1. The Kier molecular flexibility index (Phi) is 15.6. The number of carbonyl (C=O) groups excluding carboxylic acids is 4. The van der Waals surface area contributed by atoms with E-state index in [0.29, 0.717) is 30.4 Å². The number of aromatic nitrogens is 2. The molecule has 0 spiro atoms. The summed E-state index contributed by atoms with van der Waals surface area (Å²) < 4.78 is 8.37. The maximum absolute atomic E-state index is 14.0. The second kappa shape index (κ2) is 20.9. The molecular formula is C56H68N4O5. The van der Waals surface area contributed by atoms with E-state index in [1.54, 1.807) is 24.8 Å². The molecule has 2 fully saturated rings. The van der Waals surface area contributed by atoms with Crippen molar-refractivity contribution in [1.29, 1.82) is 0 Å². The second-order valence-electron chi connectivity index (χ2n) is 19.4. The number of hydrogen-bond donors (Lipinski definition) is 0. The maximum Gasteiger partial charge on any atom is 0.414 e. The lowest BCUT2D eigenvalue weighted by molar-refractivity contribution is -0.125. The number of benzene rings is 3. The minimum atomic E-state index is -0.650. The SMILES string of the molecule is CC(=O)C1(C)CCCC1.CC(=O)c1ccc2c(C3CCCCC3)c3n(c2c1)CCN(C(=O)OC(C)(C)C)c1c-3ccc2nc(/C(C)=C(\C)N=C(C)C)ccc12.O=C/C=C/c1ccccc1. The molecule has 0 atom stereocenters. The van der Waals surface area contributed by atoms with E-state index < -0.39 is 5.60 Å². The van der Waals surface area contributed by atoms with Gasteiger partial charge in [-0.1, -0.05) is 87.6 Å². The Morgan fingerprint density at radius 3 is 2.09 bits per heavy atom. The second-order valence-corrected chi connectivity index (χ2v) is 19.4. The van der Waals surface area contributed by atoms with Gasteiger partial charge in [0.15, 0.2) is 5.78 Å². The van der Waals surface area contributed by atoms with Gasteiger partial charge >= 0.3 is 6.09 Å². The number of Topliss-reactive ketones (excluding diaryl/α,β-unsaturated/α-hetero) is 2. The van der Waals surface area contributed by atoms with Crippen LogP contribution in [0.5, 0.6) is 0 Å². The first kappa shape index (κ1) is 48.5. The largest absolute Gasteiger partial charge is 0.443 e. The molecule has 3 aromatic carbocycles. The lowest BCUT2D eigenvalue weighted by Gasteiger charge is -2.29. The van der Waals surface area contributed by atoms with E-state index in [1.807, 2.05) is 90.1 Å². The number of aldehydes is 1. The van der Waals surface area contributed by atoms with E-state index in [4.69, 9.17) is 9.72 Å². The molecule has 8 rings (SSSR count). The Morgan fingerprint density at radius 2 is 1.49 bits per heavy atom. The average molecular weight is 877 g/mol. The van der Waals surface area contributed by atoms with E-state index in [2.05, 4.69) is 47.7 Å². The fraction of sp³-hybridized carbons (Fsp3) is 0.429. The van der Waals surface area contributed by atoms with Gasteiger partial charge in [-0.2, -0.15) is 0 Å². The van der Waals surface area contributed by atoms with Crippen molar-refractivity contribution in [2.45, 2.75) is 145 Å². The molecule has 0 saturated heterocycles. The summed E-state index contributed by atoms with van der Waals surface area (Å²) in [5.41, 5.74) is 11.2. The van der Waals surface area contributed by atoms with Crippen LogP contribution >= 0.6 is 0 Å². The van der Waals surface area contributed by atoms with Crippen LogP contribution < -0.4 is 4.90 Å². The van der Waals surface area contributed by atoms with Gasteiger partial charge in [0.1, 0.15) is 17.7 Å². The average Bonchev–Trinajstić information content (AvgIpc) is 3.82. The van der Waals surface area contributed by atoms with Gasteiger partial charge in [0, 0.05) is 57.3 Å². The molecule has 1 amide bonds. The van der Waals surface area contributed by atoms with E-state index in [1.165, 1.54) is 49.1 Å². The minimum absolute atomic E-state index is 0.0494. The molecule has 2 aromatic heterocycles. The number of anilines is 1. The number of ether oxygens (including phenoxy) is 1. The van der Waals surface area contributed by atoms with Gasteiger partial charge in [-0.15, -0.1) is 0 Å². The van der Waals surface area contributed by atoms with Crippen LogP contribution in [0, 0.1) is 5.41 Å². The topological polar surface area (TPSA) is 111 Å². The Hall–Kier alpha value is -5.96. The summed E-state index contributed by atoms with van der Waals surface area (Å²) in [6, 6.07) is 24.2. The predicted molar refractivity (Wildman–Crippen MR) is 268 cm³/mol. The Bertz CT molecular complexity index is 2640. The van der Waals surface area contributed by atoms with Crippen molar-refractivity contribution in [3.8, 4) is 11.3 Å². The van der Waals surface area contributed by atoms with Gasteiger partial charge in [0.2, 0.25) is 0 Å². The van der Waals surface area contributed by atoms with Crippen LogP contribution in [0.4, 0.5) is 10.5 Å². The zero-order valence-electron chi connectivity index (χ0n) is 40.3. The quantitative estimate of drug-likeness (QED) is 0.0697. The summed E-state index contributed by atoms with van der Waals surface area (Å²) >= 11 is 0. The number of allylic oxidation sites excluding steroid dienone is 3. The molecule has 3 aliphatic rings. The highest BCUT2D eigenvalue weighted by molar-refractivity contribution is 6.10. The molecule has 342 valence electrons. The van der Waals surface area contributed by atoms with Crippen LogP contribution in [-0.4, -0.2) is 51.4 Å². The van der Waals surface area contributed by atoms with Gasteiger partial charge < -0.3 is 9.30 Å². The fourth-order valence-electron chi connectivity index (χ4n) is 9.44. The summed E-state index contributed by atoms with van der Waals surface area (Å²) in [6.45, 7) is 20.2. The van der Waals surface area contributed by atoms with Crippen molar-refractivity contribution in [3.63, 3.8) is 0 Å². The van der Waals surface area contributed by atoms with E-state index in [9.17, 15) is 19.2 Å². The summed E-state index contributed by atoms with van der Waals surface area (Å²) in [5.74, 6) is 0.833. The fourth-order valence-corrected chi connectivity index (χ4v) is 9.44. The maximum atomic E-state index is 14.0.